The summed E-state index contributed by atoms with van der Waals surface area (Å²) in [5, 5.41) is 2.09. The Morgan fingerprint density at radius 3 is 2.23 bits per heavy atom. The maximum absolute atomic E-state index is 13.3. The molecule has 2 aliphatic heterocycles. The molecule has 9 heteroatoms. The molecule has 4 amide bonds. The van der Waals surface area contributed by atoms with Crippen LogP contribution in [0.3, 0.4) is 0 Å². The summed E-state index contributed by atoms with van der Waals surface area (Å²) >= 11 is 0. The zero-order valence-electron chi connectivity index (χ0n) is 16.1. The fourth-order valence-corrected chi connectivity index (χ4v) is 4.01. The van der Waals surface area contributed by atoms with Gasteiger partial charge in [0.15, 0.2) is 0 Å². The molecule has 3 heterocycles. The molecule has 2 aromatic carbocycles. The average molecular weight is 414 g/mol. The summed E-state index contributed by atoms with van der Waals surface area (Å²) in [4.78, 5) is 64.4. The van der Waals surface area contributed by atoms with Crippen LogP contribution in [0.15, 0.2) is 53.3 Å². The average Bonchev–Trinajstić information content (AvgIpc) is 3.16. The highest BCUT2D eigenvalue weighted by molar-refractivity contribution is 6.35. The first-order valence-electron chi connectivity index (χ1n) is 9.30. The molecule has 152 valence electrons. The monoisotopic (exact) mass is 414 g/mol. The first kappa shape index (κ1) is 18.5. The van der Waals surface area contributed by atoms with Crippen molar-refractivity contribution in [2.24, 2.45) is 0 Å². The normalized spacial score (nSPS) is 14.7. The molecule has 0 saturated carbocycles. The standard InChI is InChI=1S/C22H14N4O5/c1-10-5-2-3-7-13(10)26-21(30)11-6-4-8-14(16(11)22(26)31)25-15(27)9-12-17(18(25)23)20(29)24-19(12)28/h2-9H,23H2,1H3,(H,24,28,29). The highest BCUT2D eigenvalue weighted by Gasteiger charge is 2.40. The Morgan fingerprint density at radius 1 is 0.774 bits per heavy atom. The van der Waals surface area contributed by atoms with Crippen LogP contribution in [-0.2, 0) is 0 Å². The smallest absolute Gasteiger partial charge is 0.268 e. The number of aryl methyl sites for hydroxylation is 1. The summed E-state index contributed by atoms with van der Waals surface area (Å²) < 4.78 is 0.975. The number of amides is 4. The predicted molar refractivity (Wildman–Crippen MR) is 111 cm³/mol. The molecule has 0 radical (unpaired) electrons. The van der Waals surface area contributed by atoms with Gasteiger partial charge >= 0.3 is 0 Å². The molecule has 3 aromatic rings. The van der Waals surface area contributed by atoms with Gasteiger partial charge in [-0.25, -0.2) is 4.90 Å². The second-order valence-electron chi connectivity index (χ2n) is 7.21. The van der Waals surface area contributed by atoms with E-state index in [2.05, 4.69) is 5.32 Å². The SMILES string of the molecule is Cc1ccccc1N1C(=O)c2cccc(-n3c(N)c4c(cc3=O)C(=O)NC4=O)c2C1=O. The maximum atomic E-state index is 13.3. The number of nitrogens with one attached hydrogen (secondary N) is 1. The minimum Gasteiger partial charge on any atom is -0.384 e. The van der Waals surface area contributed by atoms with Gasteiger partial charge in [-0.2, -0.15) is 0 Å². The summed E-state index contributed by atoms with van der Waals surface area (Å²) in [5.74, 6) is -2.88. The summed E-state index contributed by atoms with van der Waals surface area (Å²) in [6, 6.07) is 12.4. The fraction of sp³-hybridized carbons (Fsp3) is 0.0455. The zero-order valence-corrected chi connectivity index (χ0v) is 16.1. The second-order valence-corrected chi connectivity index (χ2v) is 7.21. The topological polar surface area (TPSA) is 132 Å². The largest absolute Gasteiger partial charge is 0.384 e. The number of fused-ring (bicyclic) bond motifs is 2. The third-order valence-electron chi connectivity index (χ3n) is 5.44. The van der Waals surface area contributed by atoms with Gasteiger partial charge in [0.25, 0.3) is 29.2 Å². The molecular weight excluding hydrogens is 400 g/mol. The number of pyridine rings is 1. The van der Waals surface area contributed by atoms with E-state index in [0.29, 0.717) is 5.69 Å². The maximum Gasteiger partial charge on any atom is 0.268 e. The number of nitrogens with two attached hydrogens (primary N) is 1. The number of anilines is 2. The molecule has 3 N–H and O–H groups in total. The van der Waals surface area contributed by atoms with E-state index >= 15 is 0 Å². The summed E-state index contributed by atoms with van der Waals surface area (Å²) in [7, 11) is 0. The van der Waals surface area contributed by atoms with E-state index in [0.717, 1.165) is 21.1 Å². The van der Waals surface area contributed by atoms with Gasteiger partial charge in [-0.3, -0.25) is 33.9 Å². The van der Waals surface area contributed by atoms with Crippen LogP contribution in [0.25, 0.3) is 5.69 Å². The lowest BCUT2D eigenvalue weighted by Gasteiger charge is -2.17. The van der Waals surface area contributed by atoms with Crippen LogP contribution in [0.5, 0.6) is 0 Å². The van der Waals surface area contributed by atoms with E-state index in [9.17, 15) is 24.0 Å². The Hall–Kier alpha value is -4.53. The van der Waals surface area contributed by atoms with E-state index in [1.165, 1.54) is 18.2 Å². The minimum absolute atomic E-state index is 0.00534. The van der Waals surface area contributed by atoms with Gasteiger partial charge in [0.05, 0.1) is 33.6 Å². The van der Waals surface area contributed by atoms with Crippen LogP contribution < -0.4 is 21.5 Å². The van der Waals surface area contributed by atoms with Crippen LogP contribution >= 0.6 is 0 Å². The van der Waals surface area contributed by atoms with E-state index in [-0.39, 0.29) is 33.8 Å². The summed E-state index contributed by atoms with van der Waals surface area (Å²) in [6.07, 6.45) is 0. The van der Waals surface area contributed by atoms with Crippen LogP contribution in [-0.4, -0.2) is 28.2 Å². The van der Waals surface area contributed by atoms with Crippen molar-refractivity contribution in [1.29, 1.82) is 0 Å². The van der Waals surface area contributed by atoms with Gasteiger partial charge in [0.2, 0.25) is 0 Å². The molecule has 2 aliphatic rings. The second kappa shape index (κ2) is 6.23. The highest BCUT2D eigenvalue weighted by atomic mass is 16.2. The van der Waals surface area contributed by atoms with Gasteiger partial charge in [0.1, 0.15) is 5.82 Å². The molecule has 0 aliphatic carbocycles. The van der Waals surface area contributed by atoms with Crippen LogP contribution in [0.4, 0.5) is 11.5 Å². The van der Waals surface area contributed by atoms with E-state index in [1.54, 1.807) is 31.2 Å². The lowest BCUT2D eigenvalue weighted by atomic mass is 10.1. The van der Waals surface area contributed by atoms with E-state index in [1.807, 2.05) is 0 Å². The van der Waals surface area contributed by atoms with Crippen LogP contribution in [0.2, 0.25) is 0 Å². The minimum atomic E-state index is -0.734. The van der Waals surface area contributed by atoms with Gasteiger partial charge in [-0.15, -0.1) is 0 Å². The Balaban J connectivity index is 1.76. The number of aromatic nitrogens is 1. The Labute approximate surface area is 174 Å². The van der Waals surface area contributed by atoms with Crippen molar-refractivity contribution in [1.82, 2.24) is 9.88 Å². The van der Waals surface area contributed by atoms with Crippen LogP contribution in [0, 0.1) is 6.92 Å². The first-order chi connectivity index (χ1) is 14.8. The van der Waals surface area contributed by atoms with Crippen molar-refractivity contribution >= 4 is 35.1 Å². The first-order valence-corrected chi connectivity index (χ1v) is 9.30. The molecule has 9 nitrogen and oxygen atoms in total. The third-order valence-corrected chi connectivity index (χ3v) is 5.44. The molecule has 1 aromatic heterocycles. The number of nitrogen functional groups attached to an aromatic ring is 1. The summed E-state index contributed by atoms with van der Waals surface area (Å²) in [5.41, 5.74) is 6.45. The quantitative estimate of drug-likeness (QED) is 0.610. The number of hydrogen-bond donors (Lipinski definition) is 2. The Morgan fingerprint density at radius 2 is 1.48 bits per heavy atom. The molecular formula is C22H14N4O5. The molecule has 0 fully saturated rings. The highest BCUT2D eigenvalue weighted by Crippen LogP contribution is 2.34. The van der Waals surface area contributed by atoms with E-state index in [4.69, 9.17) is 5.73 Å². The van der Waals surface area contributed by atoms with Gasteiger partial charge < -0.3 is 5.73 Å². The molecule has 0 bridgehead atoms. The zero-order chi connectivity index (χ0) is 22.0. The molecule has 31 heavy (non-hydrogen) atoms. The van der Waals surface area contributed by atoms with Gasteiger partial charge in [-0.1, -0.05) is 24.3 Å². The van der Waals surface area contributed by atoms with Crippen molar-refractivity contribution in [2.75, 3.05) is 10.6 Å². The lowest BCUT2D eigenvalue weighted by Crippen LogP contribution is -2.30. The number of para-hydroxylation sites is 1. The van der Waals surface area contributed by atoms with Crippen LogP contribution in [0.1, 0.15) is 47.0 Å². The van der Waals surface area contributed by atoms with Crippen molar-refractivity contribution in [3.8, 4) is 5.69 Å². The number of hydrogen-bond acceptors (Lipinski definition) is 6. The molecule has 0 unspecified atom stereocenters. The number of rotatable bonds is 2. The number of nitrogens with zero attached hydrogens (tertiary/aromatic N) is 2. The summed E-state index contributed by atoms with van der Waals surface area (Å²) in [6.45, 7) is 1.78. The number of carbonyl (C=O) groups is 4. The van der Waals surface area contributed by atoms with Crippen molar-refractivity contribution in [3.05, 3.63) is 86.7 Å². The third kappa shape index (κ3) is 2.40. The molecule has 5 rings (SSSR count). The van der Waals surface area contributed by atoms with Gasteiger partial charge in [-0.05, 0) is 30.7 Å². The molecule has 0 saturated heterocycles. The van der Waals surface area contributed by atoms with E-state index < -0.39 is 29.2 Å². The number of benzene rings is 2. The molecule has 0 spiro atoms. The Bertz CT molecular complexity index is 1440. The fourth-order valence-electron chi connectivity index (χ4n) is 4.01. The number of imide groups is 2. The lowest BCUT2D eigenvalue weighted by molar-refractivity contribution is 0.0875. The van der Waals surface area contributed by atoms with Gasteiger partial charge in [0, 0.05) is 6.07 Å². The van der Waals surface area contributed by atoms with Crippen molar-refractivity contribution in [2.45, 2.75) is 6.92 Å². The predicted octanol–water partition coefficient (Wildman–Crippen LogP) is 1.41. The Kier molecular flexibility index (Phi) is 3.72. The number of carbonyl (C=O) groups excluding carboxylic acids is 4. The molecule has 0 atom stereocenters. The van der Waals surface area contributed by atoms with Crippen molar-refractivity contribution < 1.29 is 19.2 Å². The van der Waals surface area contributed by atoms with Crippen molar-refractivity contribution in [3.63, 3.8) is 0 Å².